The van der Waals surface area contributed by atoms with Crippen molar-refractivity contribution >= 4 is 17.5 Å². The minimum Gasteiger partial charge on any atom is -0.348 e. The first-order valence-electron chi connectivity index (χ1n) is 17.9. The normalized spacial score (nSPS) is 10.7. The maximum absolute atomic E-state index is 9.43. The molecule has 0 bridgehead atoms. The van der Waals surface area contributed by atoms with Crippen molar-refractivity contribution in [3.8, 4) is 0 Å². The molecule has 0 atom stereocenters. The molecule has 0 radical (unpaired) electrons. The van der Waals surface area contributed by atoms with Crippen LogP contribution in [0.2, 0.25) is 0 Å². The summed E-state index contributed by atoms with van der Waals surface area (Å²) < 4.78 is 0. The van der Waals surface area contributed by atoms with Crippen LogP contribution in [-0.4, -0.2) is 10.7 Å². The Morgan fingerprint density at radius 3 is 1.59 bits per heavy atom. The Balaban J connectivity index is 0.000000653. The van der Waals surface area contributed by atoms with Gasteiger partial charge < -0.3 is 5.53 Å². The quantitative estimate of drug-likeness (QED) is 0.0314. The van der Waals surface area contributed by atoms with E-state index in [-0.39, 0.29) is 16.5 Å². The maximum Gasteiger partial charge on any atom is 2.00 e. The van der Waals surface area contributed by atoms with E-state index in [0.29, 0.717) is 0 Å². The molecule has 4 aromatic rings. The second kappa shape index (κ2) is 26.9. The number of hydrogen-bond donors (Lipinski definition) is 0. The van der Waals surface area contributed by atoms with Crippen molar-refractivity contribution in [2.75, 3.05) is 0 Å². The smallest absolute Gasteiger partial charge is 0.348 e. The largest absolute Gasteiger partial charge is 2.00 e. The van der Waals surface area contributed by atoms with Crippen LogP contribution in [0.25, 0.3) is 17.2 Å². The molecule has 0 saturated carbocycles. The zero-order valence-electron chi connectivity index (χ0n) is 30.7. The van der Waals surface area contributed by atoms with Gasteiger partial charge >= 0.3 is 22.4 Å². The zero-order valence-corrected chi connectivity index (χ0v) is 31.7. The minimum absolute atomic E-state index is 0. The van der Waals surface area contributed by atoms with Gasteiger partial charge in [0.2, 0.25) is 0 Å². The van der Waals surface area contributed by atoms with Gasteiger partial charge in [-0.1, -0.05) is 121 Å². The summed E-state index contributed by atoms with van der Waals surface area (Å²) in [6.45, 7) is 12.9. The Kier molecular flexibility index (Phi) is 23.6. The van der Waals surface area contributed by atoms with Crippen molar-refractivity contribution in [2.45, 2.75) is 106 Å². The zero-order chi connectivity index (χ0) is 34.8. The van der Waals surface area contributed by atoms with Gasteiger partial charge in [-0.2, -0.15) is 71.8 Å². The summed E-state index contributed by atoms with van der Waals surface area (Å²) in [5.74, 6) is 2.95. The van der Waals surface area contributed by atoms with E-state index in [1.807, 2.05) is 48.5 Å². The second-order valence-electron chi connectivity index (χ2n) is 12.1. The summed E-state index contributed by atoms with van der Waals surface area (Å²) in [5, 5.41) is 0. The molecule has 4 aromatic carbocycles. The molecular weight excluding hydrogens is 639 g/mol. The third-order valence-electron chi connectivity index (χ3n) is 7.99. The maximum atomic E-state index is 9.43. The third kappa shape index (κ3) is 17.3. The van der Waals surface area contributed by atoms with Gasteiger partial charge in [-0.3, -0.25) is 0 Å². The average molecular weight is 696 g/mol. The van der Waals surface area contributed by atoms with Gasteiger partial charge in [0.15, 0.2) is 0 Å². The van der Waals surface area contributed by atoms with E-state index in [2.05, 4.69) is 125 Å². The fraction of sp³-hybridized carbons (Fsp3) is 0.348. The van der Waals surface area contributed by atoms with Crippen LogP contribution in [0.1, 0.15) is 119 Å². The van der Waals surface area contributed by atoms with Gasteiger partial charge in [0.05, 0.1) is 5.57 Å². The second-order valence-corrected chi connectivity index (χ2v) is 12.1. The molecule has 0 aliphatic rings. The Morgan fingerprint density at radius 1 is 0.673 bits per heavy atom. The Labute approximate surface area is 308 Å². The molecule has 0 saturated heterocycles. The molecule has 49 heavy (non-hydrogen) atoms. The molecule has 0 heterocycles. The number of unbranched alkanes of at least 4 members (excludes halogenated alkanes) is 3. The number of hydrogen-bond acceptors (Lipinski definition) is 0. The van der Waals surface area contributed by atoms with Crippen molar-refractivity contribution in [1.82, 2.24) is 0 Å². The summed E-state index contributed by atoms with van der Waals surface area (Å²) in [6.07, 6.45) is 15.1. The van der Waals surface area contributed by atoms with Gasteiger partial charge in [-0.25, -0.2) is 0 Å². The van der Waals surface area contributed by atoms with E-state index in [9.17, 15) is 5.53 Å². The third-order valence-corrected chi connectivity index (χ3v) is 7.99. The minimum atomic E-state index is 0. The fourth-order valence-electron chi connectivity index (χ4n) is 5.16. The SMILES string of the molecule is CCC=Cc1ccc(C(=C(CCCC)C(=C=[N+]=[N-])CCCC)c2ccc(CCCC)cc2)cc1.Cc1cc[c-]cc1.Cc1cc[c-]cc1.[Ni+2]. The van der Waals surface area contributed by atoms with Gasteiger partial charge in [0.1, 0.15) is 0 Å². The predicted octanol–water partition coefficient (Wildman–Crippen LogP) is 13.0. The van der Waals surface area contributed by atoms with E-state index in [4.69, 9.17) is 0 Å². The molecule has 0 N–H and O–H groups in total. The molecule has 3 heteroatoms. The van der Waals surface area contributed by atoms with Crippen molar-refractivity contribution in [2.24, 2.45) is 0 Å². The van der Waals surface area contributed by atoms with E-state index < -0.39 is 0 Å². The van der Waals surface area contributed by atoms with Crippen LogP contribution in [0.15, 0.2) is 114 Å². The van der Waals surface area contributed by atoms with E-state index in [1.54, 1.807) is 0 Å². The molecule has 0 unspecified atom stereocenters. The number of rotatable bonds is 14. The van der Waals surface area contributed by atoms with Crippen molar-refractivity contribution in [3.05, 3.63) is 165 Å². The van der Waals surface area contributed by atoms with Crippen LogP contribution in [0, 0.1) is 26.0 Å². The van der Waals surface area contributed by atoms with Crippen LogP contribution in [-0.2, 0) is 22.9 Å². The van der Waals surface area contributed by atoms with Gasteiger partial charge in [-0.05, 0) is 78.3 Å². The molecule has 0 aromatic heterocycles. The molecule has 0 aliphatic carbocycles. The number of nitrogens with zero attached hydrogens (tertiary/aromatic N) is 2. The monoisotopic (exact) mass is 694 g/mol. The number of aryl methyl sites for hydroxylation is 3. The van der Waals surface area contributed by atoms with E-state index in [0.717, 1.165) is 56.9 Å². The molecule has 2 nitrogen and oxygen atoms in total. The van der Waals surface area contributed by atoms with Crippen molar-refractivity contribution < 1.29 is 21.3 Å². The molecule has 0 aliphatic heterocycles. The topological polar surface area (TPSA) is 36.4 Å². The first-order chi connectivity index (χ1) is 23.5. The summed E-state index contributed by atoms with van der Waals surface area (Å²) in [5.41, 5.74) is 20.6. The predicted molar refractivity (Wildman–Crippen MR) is 208 cm³/mol. The van der Waals surface area contributed by atoms with E-state index in [1.165, 1.54) is 57.4 Å². The molecule has 0 fully saturated rings. The Bertz CT molecular complexity index is 1530. The van der Waals surface area contributed by atoms with Crippen molar-refractivity contribution in [1.29, 1.82) is 0 Å². The van der Waals surface area contributed by atoms with Crippen molar-refractivity contribution in [3.63, 3.8) is 0 Å². The van der Waals surface area contributed by atoms with Gasteiger partial charge in [-0.15, -0.1) is 4.79 Å². The average Bonchev–Trinajstić information content (AvgIpc) is 3.12. The molecule has 4 rings (SSSR count). The van der Waals surface area contributed by atoms with Crippen LogP contribution < -0.4 is 0 Å². The molecule has 0 spiro atoms. The van der Waals surface area contributed by atoms with E-state index >= 15 is 0 Å². The van der Waals surface area contributed by atoms with Crippen LogP contribution in [0.5, 0.6) is 0 Å². The van der Waals surface area contributed by atoms with Gasteiger partial charge in [0.25, 0.3) is 0 Å². The first kappa shape index (κ1) is 43.0. The Hall–Kier alpha value is -3.99. The van der Waals surface area contributed by atoms with Crippen LogP contribution in [0.4, 0.5) is 0 Å². The first-order valence-corrected chi connectivity index (χ1v) is 17.9. The summed E-state index contributed by atoms with van der Waals surface area (Å²) in [6, 6.07) is 39.6. The Morgan fingerprint density at radius 2 is 1.16 bits per heavy atom. The summed E-state index contributed by atoms with van der Waals surface area (Å²) in [4.78, 5) is 3.35. The van der Waals surface area contributed by atoms with Crippen LogP contribution >= 0.6 is 0 Å². The fourth-order valence-corrected chi connectivity index (χ4v) is 5.16. The molecule has 260 valence electrons. The number of benzene rings is 4. The standard InChI is InChI=1S/C32H42N2.2C7H7.Ni/c1-5-9-13-26-17-21-28(22-18-26)32(29-23-19-27(20-24-29)14-10-6-2)31(16-12-8-4)30(25-34-33)15-11-7-3;2*1-7-5-3-2-4-6-7;/h9,13,17-24H,5-8,10-12,14-16H2,1-4H3;2*3-6H,1H3;/q;2*-1;+2. The number of allylic oxidation sites excluding steroid dienone is 3. The summed E-state index contributed by atoms with van der Waals surface area (Å²) >= 11 is 0. The van der Waals surface area contributed by atoms with Gasteiger partial charge in [0, 0.05) is 0 Å². The molecule has 0 amide bonds. The molecular formula is C46H56N2Ni. The summed E-state index contributed by atoms with van der Waals surface area (Å²) in [7, 11) is 0. The van der Waals surface area contributed by atoms with Crippen LogP contribution in [0.3, 0.4) is 0 Å².